The fraction of sp³-hybridized carbons (Fsp3) is 0.320. The first kappa shape index (κ1) is 23.4. The standard InChI is InChI=1S/C25H29FN6O2/c1-15-5-10-19(26)13-20(15)25(34)29-14-17-6-8-18(9-7-17)22-21(24(28)33)23(27)32(30-22)16(2)31-11-3-4-12-31/h5-10,13,16H,3-4,11-12,14,27H2,1-2H3,(H2,28,33)(H,29,34). The molecule has 0 spiro atoms. The summed E-state index contributed by atoms with van der Waals surface area (Å²) in [5, 5.41) is 7.46. The number of carbonyl (C=O) groups is 2. The Morgan fingerprint density at radius 1 is 1.15 bits per heavy atom. The number of anilines is 1. The largest absolute Gasteiger partial charge is 0.383 e. The van der Waals surface area contributed by atoms with Gasteiger partial charge in [-0.3, -0.25) is 14.5 Å². The lowest BCUT2D eigenvalue weighted by molar-refractivity contribution is 0.0948. The van der Waals surface area contributed by atoms with E-state index < -0.39 is 11.7 Å². The van der Waals surface area contributed by atoms with Gasteiger partial charge in [-0.1, -0.05) is 30.3 Å². The number of hydrogen-bond acceptors (Lipinski definition) is 5. The van der Waals surface area contributed by atoms with E-state index in [2.05, 4.69) is 15.3 Å². The highest BCUT2D eigenvalue weighted by Crippen LogP contribution is 2.31. The van der Waals surface area contributed by atoms with Gasteiger partial charge in [-0.2, -0.15) is 5.10 Å². The highest BCUT2D eigenvalue weighted by Gasteiger charge is 2.27. The lowest BCUT2D eigenvalue weighted by atomic mass is 10.0. The molecule has 2 heterocycles. The number of nitrogens with zero attached hydrogens (tertiary/aromatic N) is 3. The van der Waals surface area contributed by atoms with E-state index >= 15 is 0 Å². The minimum atomic E-state index is -0.630. The Morgan fingerprint density at radius 2 is 1.82 bits per heavy atom. The van der Waals surface area contributed by atoms with Crippen molar-refractivity contribution >= 4 is 17.6 Å². The van der Waals surface area contributed by atoms with Crippen LogP contribution < -0.4 is 16.8 Å². The molecule has 1 unspecified atom stereocenters. The fourth-order valence-electron chi connectivity index (χ4n) is 4.34. The molecule has 9 heteroatoms. The third-order valence-corrected chi connectivity index (χ3v) is 6.34. The van der Waals surface area contributed by atoms with Crippen LogP contribution in [-0.2, 0) is 6.54 Å². The molecule has 1 aromatic heterocycles. The summed E-state index contributed by atoms with van der Waals surface area (Å²) < 4.78 is 15.2. The number of primary amides is 1. The van der Waals surface area contributed by atoms with Crippen LogP contribution in [0.2, 0.25) is 0 Å². The molecule has 0 saturated carbocycles. The zero-order valence-electron chi connectivity index (χ0n) is 19.3. The van der Waals surface area contributed by atoms with Gasteiger partial charge in [-0.15, -0.1) is 0 Å². The number of aromatic nitrogens is 2. The molecule has 3 aromatic rings. The van der Waals surface area contributed by atoms with Crippen molar-refractivity contribution in [2.24, 2.45) is 5.73 Å². The van der Waals surface area contributed by atoms with E-state index in [-0.39, 0.29) is 30.0 Å². The van der Waals surface area contributed by atoms with Crippen LogP contribution in [-0.4, -0.2) is 39.6 Å². The van der Waals surface area contributed by atoms with Crippen molar-refractivity contribution in [3.8, 4) is 11.3 Å². The molecule has 0 aliphatic carbocycles. The molecule has 0 bridgehead atoms. The number of nitrogens with two attached hydrogens (primary N) is 2. The Hall–Kier alpha value is -3.72. The number of benzene rings is 2. The monoisotopic (exact) mass is 464 g/mol. The second-order valence-electron chi connectivity index (χ2n) is 8.63. The Morgan fingerprint density at radius 3 is 2.47 bits per heavy atom. The van der Waals surface area contributed by atoms with Crippen molar-refractivity contribution in [2.75, 3.05) is 18.8 Å². The van der Waals surface area contributed by atoms with Crippen molar-refractivity contribution in [3.05, 3.63) is 70.5 Å². The number of hydrogen-bond donors (Lipinski definition) is 3. The van der Waals surface area contributed by atoms with E-state index in [0.717, 1.165) is 31.5 Å². The fourth-order valence-corrected chi connectivity index (χ4v) is 4.34. The maximum atomic E-state index is 13.5. The van der Waals surface area contributed by atoms with Gasteiger partial charge in [0.15, 0.2) is 0 Å². The van der Waals surface area contributed by atoms with E-state index in [9.17, 15) is 14.0 Å². The van der Waals surface area contributed by atoms with E-state index in [1.54, 1.807) is 17.7 Å². The predicted octanol–water partition coefficient (Wildman–Crippen LogP) is 3.22. The van der Waals surface area contributed by atoms with Crippen molar-refractivity contribution in [1.82, 2.24) is 20.0 Å². The molecule has 2 aromatic carbocycles. The number of amides is 2. The minimum absolute atomic E-state index is 0.0879. The zero-order valence-corrected chi connectivity index (χ0v) is 19.3. The SMILES string of the molecule is Cc1ccc(F)cc1C(=O)NCc1ccc(-c2nn(C(C)N3CCCC3)c(N)c2C(N)=O)cc1. The molecule has 1 saturated heterocycles. The molecule has 0 radical (unpaired) electrons. The number of likely N-dealkylation sites (tertiary alicyclic amines) is 1. The number of rotatable bonds is 7. The lowest BCUT2D eigenvalue weighted by Crippen LogP contribution is -2.29. The van der Waals surface area contributed by atoms with Gasteiger partial charge < -0.3 is 16.8 Å². The highest BCUT2D eigenvalue weighted by molar-refractivity contribution is 6.03. The second-order valence-corrected chi connectivity index (χ2v) is 8.63. The summed E-state index contributed by atoms with van der Waals surface area (Å²) in [5.74, 6) is -1.18. The summed E-state index contributed by atoms with van der Waals surface area (Å²) in [6.45, 7) is 5.94. The molecule has 1 atom stereocenters. The number of aryl methyl sites for hydroxylation is 1. The molecule has 2 amide bonds. The molecule has 1 aliphatic rings. The maximum absolute atomic E-state index is 13.5. The number of halogens is 1. The zero-order chi connectivity index (χ0) is 24.4. The normalized spacial score (nSPS) is 14.8. The molecule has 5 N–H and O–H groups in total. The van der Waals surface area contributed by atoms with Gasteiger partial charge in [0.05, 0.1) is 0 Å². The molecular weight excluding hydrogens is 435 g/mol. The third-order valence-electron chi connectivity index (χ3n) is 6.34. The van der Waals surface area contributed by atoms with E-state index in [0.29, 0.717) is 22.4 Å². The van der Waals surface area contributed by atoms with Gasteiger partial charge in [0.2, 0.25) is 0 Å². The summed E-state index contributed by atoms with van der Waals surface area (Å²) in [6.07, 6.45) is 2.16. The van der Waals surface area contributed by atoms with E-state index in [1.807, 2.05) is 31.2 Å². The molecule has 34 heavy (non-hydrogen) atoms. The average Bonchev–Trinajstić information content (AvgIpc) is 3.47. The topological polar surface area (TPSA) is 119 Å². The van der Waals surface area contributed by atoms with Crippen LogP contribution >= 0.6 is 0 Å². The molecular formula is C25H29FN6O2. The van der Waals surface area contributed by atoms with Crippen molar-refractivity contribution in [3.63, 3.8) is 0 Å². The Balaban J connectivity index is 1.53. The summed E-state index contributed by atoms with van der Waals surface area (Å²) >= 11 is 0. The van der Waals surface area contributed by atoms with E-state index in [1.165, 1.54) is 12.1 Å². The number of carbonyl (C=O) groups excluding carboxylic acids is 2. The van der Waals surface area contributed by atoms with Crippen molar-refractivity contribution in [2.45, 2.75) is 39.4 Å². The summed E-state index contributed by atoms with van der Waals surface area (Å²) in [7, 11) is 0. The Labute approximate surface area is 197 Å². The van der Waals surface area contributed by atoms with Crippen molar-refractivity contribution < 1.29 is 14.0 Å². The van der Waals surface area contributed by atoms with Crippen LogP contribution in [0.5, 0.6) is 0 Å². The predicted molar refractivity (Wildman–Crippen MR) is 128 cm³/mol. The first-order valence-corrected chi connectivity index (χ1v) is 11.3. The van der Waals surface area contributed by atoms with Crippen LogP contribution in [0.15, 0.2) is 42.5 Å². The minimum Gasteiger partial charge on any atom is -0.383 e. The van der Waals surface area contributed by atoms with Crippen LogP contribution in [0.1, 0.15) is 57.8 Å². The van der Waals surface area contributed by atoms with Gasteiger partial charge in [0.1, 0.15) is 29.1 Å². The van der Waals surface area contributed by atoms with Gasteiger partial charge in [-0.05, 0) is 49.9 Å². The molecule has 178 valence electrons. The maximum Gasteiger partial charge on any atom is 0.254 e. The van der Waals surface area contributed by atoms with Crippen LogP contribution in [0.3, 0.4) is 0 Å². The average molecular weight is 465 g/mol. The van der Waals surface area contributed by atoms with Crippen LogP contribution in [0, 0.1) is 12.7 Å². The molecule has 1 aliphatic heterocycles. The van der Waals surface area contributed by atoms with E-state index in [4.69, 9.17) is 11.5 Å². The Bertz CT molecular complexity index is 1210. The summed E-state index contributed by atoms with van der Waals surface area (Å²) in [5.41, 5.74) is 15.1. The number of nitrogen functional groups attached to an aromatic ring is 1. The smallest absolute Gasteiger partial charge is 0.254 e. The van der Waals surface area contributed by atoms with Gasteiger partial charge >= 0.3 is 0 Å². The molecule has 1 fully saturated rings. The summed E-state index contributed by atoms with van der Waals surface area (Å²) in [4.78, 5) is 26.9. The van der Waals surface area contributed by atoms with Gasteiger partial charge in [0.25, 0.3) is 11.8 Å². The molecule has 8 nitrogen and oxygen atoms in total. The Kier molecular flexibility index (Phi) is 6.65. The molecule has 4 rings (SSSR count). The lowest BCUT2D eigenvalue weighted by Gasteiger charge is -2.24. The first-order chi connectivity index (χ1) is 16.3. The summed E-state index contributed by atoms with van der Waals surface area (Å²) in [6, 6.07) is 11.4. The van der Waals surface area contributed by atoms with Crippen LogP contribution in [0.4, 0.5) is 10.2 Å². The number of nitrogens with one attached hydrogen (secondary N) is 1. The first-order valence-electron chi connectivity index (χ1n) is 11.3. The van der Waals surface area contributed by atoms with Gasteiger partial charge in [0, 0.05) is 30.8 Å². The highest BCUT2D eigenvalue weighted by atomic mass is 19.1. The third kappa shape index (κ3) is 4.65. The second kappa shape index (κ2) is 9.64. The van der Waals surface area contributed by atoms with Crippen molar-refractivity contribution in [1.29, 1.82) is 0 Å². The van der Waals surface area contributed by atoms with Gasteiger partial charge in [-0.25, -0.2) is 9.07 Å². The van der Waals surface area contributed by atoms with Crippen LogP contribution in [0.25, 0.3) is 11.3 Å². The quantitative estimate of drug-likeness (QED) is 0.496.